The summed E-state index contributed by atoms with van der Waals surface area (Å²) in [6.45, 7) is 8.17. The highest BCUT2D eigenvalue weighted by Gasteiger charge is 2.13. The van der Waals surface area contributed by atoms with Crippen molar-refractivity contribution in [2.45, 2.75) is 34.1 Å². The topological polar surface area (TPSA) is 54.6 Å². The highest BCUT2D eigenvalue weighted by atomic mass is 16.4. The Bertz CT molecular complexity index is 1010. The lowest BCUT2D eigenvalue weighted by molar-refractivity contribution is 0.0697. The largest absolute Gasteiger partial charge is 0.478 e. The quantitative estimate of drug-likeness (QED) is 0.618. The van der Waals surface area contributed by atoms with Crippen molar-refractivity contribution in [3.63, 3.8) is 0 Å². The number of aliphatic imine (C=N–C) groups is 1. The molecule has 3 rings (SSSR count). The van der Waals surface area contributed by atoms with Crippen LogP contribution in [0, 0.1) is 20.8 Å². The minimum absolute atomic E-state index is 0.302. The SMILES string of the molecule is CCc1ccc(N=Cc2cc(C)n(-c3ccc(C(=O)O)cc3C)c2C)cc1. The monoisotopic (exact) mass is 360 g/mol. The third-order valence-corrected chi connectivity index (χ3v) is 4.85. The zero-order valence-electron chi connectivity index (χ0n) is 16.2. The van der Waals surface area contributed by atoms with E-state index < -0.39 is 5.97 Å². The van der Waals surface area contributed by atoms with Gasteiger partial charge in [-0.05, 0) is 74.7 Å². The van der Waals surface area contributed by atoms with E-state index in [4.69, 9.17) is 0 Å². The van der Waals surface area contributed by atoms with E-state index in [0.717, 1.165) is 40.3 Å². The summed E-state index contributed by atoms with van der Waals surface area (Å²) >= 11 is 0. The summed E-state index contributed by atoms with van der Waals surface area (Å²) in [5.41, 5.74) is 7.66. The number of hydrogen-bond donors (Lipinski definition) is 1. The maximum absolute atomic E-state index is 11.2. The molecule has 1 heterocycles. The van der Waals surface area contributed by atoms with Crippen molar-refractivity contribution in [1.82, 2.24) is 4.57 Å². The minimum Gasteiger partial charge on any atom is -0.478 e. The molecule has 0 saturated heterocycles. The lowest BCUT2D eigenvalue weighted by atomic mass is 10.1. The van der Waals surface area contributed by atoms with Gasteiger partial charge in [-0.25, -0.2) is 4.79 Å². The molecule has 0 aliphatic carbocycles. The molecule has 0 aliphatic rings. The summed E-state index contributed by atoms with van der Waals surface area (Å²) in [5.74, 6) is -0.910. The van der Waals surface area contributed by atoms with E-state index in [2.05, 4.69) is 41.6 Å². The molecule has 0 spiro atoms. The second kappa shape index (κ2) is 7.62. The Hall–Kier alpha value is -3.14. The average Bonchev–Trinajstić information content (AvgIpc) is 2.94. The molecule has 4 nitrogen and oxygen atoms in total. The first-order chi connectivity index (χ1) is 12.9. The van der Waals surface area contributed by atoms with Crippen molar-refractivity contribution in [2.24, 2.45) is 4.99 Å². The van der Waals surface area contributed by atoms with Crippen LogP contribution in [0.3, 0.4) is 0 Å². The standard InChI is InChI=1S/C23H24N2O2/c1-5-18-6-9-21(10-7-18)24-14-20-13-16(3)25(17(20)4)22-11-8-19(23(26)27)12-15(22)2/h6-14H,5H2,1-4H3,(H,26,27). The first-order valence-electron chi connectivity index (χ1n) is 9.07. The van der Waals surface area contributed by atoms with Gasteiger partial charge in [-0.3, -0.25) is 4.99 Å². The number of benzene rings is 2. The van der Waals surface area contributed by atoms with E-state index in [1.807, 2.05) is 38.3 Å². The van der Waals surface area contributed by atoms with Crippen LogP contribution < -0.4 is 0 Å². The number of carboxylic acids is 1. The van der Waals surface area contributed by atoms with Crippen LogP contribution in [-0.4, -0.2) is 21.9 Å². The maximum atomic E-state index is 11.2. The highest BCUT2D eigenvalue weighted by Crippen LogP contribution is 2.24. The highest BCUT2D eigenvalue weighted by molar-refractivity contribution is 5.88. The van der Waals surface area contributed by atoms with Gasteiger partial charge in [-0.1, -0.05) is 19.1 Å². The number of carboxylic acid groups (broad SMARTS) is 1. The second-order valence-corrected chi connectivity index (χ2v) is 6.75. The van der Waals surface area contributed by atoms with Gasteiger partial charge in [0.1, 0.15) is 0 Å². The number of rotatable bonds is 5. The maximum Gasteiger partial charge on any atom is 0.335 e. The first-order valence-corrected chi connectivity index (χ1v) is 9.07. The van der Waals surface area contributed by atoms with Crippen LogP contribution in [0.2, 0.25) is 0 Å². The zero-order valence-corrected chi connectivity index (χ0v) is 16.2. The molecule has 27 heavy (non-hydrogen) atoms. The molecule has 3 aromatic rings. The van der Waals surface area contributed by atoms with Crippen LogP contribution in [0.4, 0.5) is 5.69 Å². The van der Waals surface area contributed by atoms with Crippen LogP contribution in [0.5, 0.6) is 0 Å². The summed E-state index contributed by atoms with van der Waals surface area (Å²) in [5, 5.41) is 9.17. The van der Waals surface area contributed by atoms with E-state index in [-0.39, 0.29) is 0 Å². The van der Waals surface area contributed by atoms with Crippen molar-refractivity contribution in [1.29, 1.82) is 0 Å². The van der Waals surface area contributed by atoms with E-state index in [1.165, 1.54) is 5.56 Å². The Morgan fingerprint density at radius 3 is 2.37 bits per heavy atom. The molecule has 4 heteroatoms. The molecule has 0 radical (unpaired) electrons. The van der Waals surface area contributed by atoms with Crippen LogP contribution in [0.15, 0.2) is 53.5 Å². The molecule has 0 saturated carbocycles. The van der Waals surface area contributed by atoms with Gasteiger partial charge in [0.15, 0.2) is 0 Å². The molecule has 0 aliphatic heterocycles. The van der Waals surface area contributed by atoms with Crippen LogP contribution in [0.1, 0.15) is 45.4 Å². The van der Waals surface area contributed by atoms with E-state index in [1.54, 1.807) is 12.1 Å². The number of aromatic nitrogens is 1. The molecular weight excluding hydrogens is 336 g/mol. The molecule has 0 amide bonds. The fourth-order valence-electron chi connectivity index (χ4n) is 3.29. The number of aromatic carboxylic acids is 1. The Labute approximate surface area is 159 Å². The van der Waals surface area contributed by atoms with Gasteiger partial charge in [0, 0.05) is 28.9 Å². The zero-order chi connectivity index (χ0) is 19.6. The third kappa shape index (κ3) is 3.85. The van der Waals surface area contributed by atoms with Crippen molar-refractivity contribution < 1.29 is 9.90 Å². The summed E-state index contributed by atoms with van der Waals surface area (Å²) in [6, 6.07) is 15.6. The summed E-state index contributed by atoms with van der Waals surface area (Å²) in [7, 11) is 0. The Morgan fingerprint density at radius 2 is 1.78 bits per heavy atom. The molecule has 0 bridgehead atoms. The second-order valence-electron chi connectivity index (χ2n) is 6.75. The van der Waals surface area contributed by atoms with Gasteiger partial charge in [-0.2, -0.15) is 0 Å². The van der Waals surface area contributed by atoms with Crippen molar-refractivity contribution >= 4 is 17.9 Å². The van der Waals surface area contributed by atoms with Crippen molar-refractivity contribution in [3.05, 3.63) is 82.2 Å². The summed E-state index contributed by atoms with van der Waals surface area (Å²) in [4.78, 5) is 15.8. The van der Waals surface area contributed by atoms with E-state index in [9.17, 15) is 9.90 Å². The Kier molecular flexibility index (Phi) is 5.26. The summed E-state index contributed by atoms with van der Waals surface area (Å²) < 4.78 is 2.14. The van der Waals surface area contributed by atoms with Crippen LogP contribution >= 0.6 is 0 Å². The molecule has 0 unspecified atom stereocenters. The van der Waals surface area contributed by atoms with Gasteiger partial charge in [0.25, 0.3) is 0 Å². The smallest absolute Gasteiger partial charge is 0.335 e. The molecule has 0 atom stereocenters. The van der Waals surface area contributed by atoms with Crippen molar-refractivity contribution in [2.75, 3.05) is 0 Å². The van der Waals surface area contributed by atoms with E-state index in [0.29, 0.717) is 5.56 Å². The molecule has 1 N–H and O–H groups in total. The van der Waals surface area contributed by atoms with Crippen LogP contribution in [-0.2, 0) is 6.42 Å². The fourth-order valence-corrected chi connectivity index (χ4v) is 3.29. The van der Waals surface area contributed by atoms with Gasteiger partial charge >= 0.3 is 5.97 Å². The number of hydrogen-bond acceptors (Lipinski definition) is 2. The van der Waals surface area contributed by atoms with Gasteiger partial charge < -0.3 is 9.67 Å². The number of aryl methyl sites for hydroxylation is 3. The number of carbonyl (C=O) groups is 1. The Morgan fingerprint density at radius 1 is 1.07 bits per heavy atom. The van der Waals surface area contributed by atoms with Crippen LogP contribution in [0.25, 0.3) is 5.69 Å². The fraction of sp³-hybridized carbons (Fsp3) is 0.217. The first kappa shape index (κ1) is 18.6. The number of nitrogens with zero attached hydrogens (tertiary/aromatic N) is 2. The minimum atomic E-state index is -0.910. The third-order valence-electron chi connectivity index (χ3n) is 4.85. The van der Waals surface area contributed by atoms with E-state index >= 15 is 0 Å². The molecule has 138 valence electrons. The lowest BCUT2D eigenvalue weighted by Gasteiger charge is -2.13. The Balaban J connectivity index is 1.95. The molecule has 0 fully saturated rings. The van der Waals surface area contributed by atoms with Gasteiger partial charge in [0.2, 0.25) is 0 Å². The van der Waals surface area contributed by atoms with Gasteiger partial charge in [-0.15, -0.1) is 0 Å². The molecule has 1 aromatic heterocycles. The normalized spacial score (nSPS) is 11.3. The predicted octanol–water partition coefficient (Wildman–Crippen LogP) is 5.41. The molecular formula is C23H24N2O2. The summed E-state index contributed by atoms with van der Waals surface area (Å²) in [6.07, 6.45) is 2.91. The lowest BCUT2D eigenvalue weighted by Crippen LogP contribution is -2.04. The van der Waals surface area contributed by atoms with Crippen molar-refractivity contribution in [3.8, 4) is 5.69 Å². The molecule has 2 aromatic carbocycles. The average molecular weight is 360 g/mol. The predicted molar refractivity (Wildman–Crippen MR) is 110 cm³/mol. The van der Waals surface area contributed by atoms with Gasteiger partial charge in [0.05, 0.1) is 11.3 Å².